The lowest BCUT2D eigenvalue weighted by atomic mass is 10.3. The van der Waals surface area contributed by atoms with Crippen molar-refractivity contribution in [1.82, 2.24) is 15.5 Å². The van der Waals surface area contributed by atoms with Crippen LogP contribution < -0.4 is 15.5 Å². The summed E-state index contributed by atoms with van der Waals surface area (Å²) in [5, 5.41) is 13.7. The summed E-state index contributed by atoms with van der Waals surface area (Å²) in [5.74, 6) is 0.403. The first-order valence-electron chi connectivity index (χ1n) is 6.44. The lowest BCUT2D eigenvalue weighted by Gasteiger charge is -2.13. The van der Waals surface area contributed by atoms with Crippen molar-refractivity contribution in [3.05, 3.63) is 32.6 Å². The smallest absolute Gasteiger partial charge is 0.253 e. The molecule has 22 heavy (non-hydrogen) atoms. The van der Waals surface area contributed by atoms with Crippen LogP contribution in [0.1, 0.15) is 10.4 Å². The molecule has 1 amide bonds. The highest BCUT2D eigenvalue weighted by atomic mass is 35.5. The summed E-state index contributed by atoms with van der Waals surface area (Å²) in [6.07, 6.45) is 1.68. The Hall–Kier alpha value is -1.57. The molecule has 0 radical (unpaired) electrons. The summed E-state index contributed by atoms with van der Waals surface area (Å²) in [6.45, 7) is 0.948. The van der Waals surface area contributed by atoms with Gasteiger partial charge in [0.15, 0.2) is 5.82 Å². The Morgan fingerprint density at radius 1 is 1.32 bits per heavy atom. The predicted octanol–water partition coefficient (Wildman–Crippen LogP) is 2.75. The van der Waals surface area contributed by atoms with Crippen molar-refractivity contribution in [2.45, 2.75) is 0 Å². The van der Waals surface area contributed by atoms with Gasteiger partial charge in [-0.25, -0.2) is 0 Å². The summed E-state index contributed by atoms with van der Waals surface area (Å²) < 4.78 is 0.879. The molecule has 0 aliphatic heterocycles. The van der Waals surface area contributed by atoms with E-state index in [4.69, 9.17) is 23.2 Å². The molecule has 2 rings (SSSR count). The minimum absolute atomic E-state index is 0.247. The minimum Gasteiger partial charge on any atom is -0.376 e. The fourth-order valence-corrected chi connectivity index (χ4v) is 3.10. The zero-order valence-electron chi connectivity index (χ0n) is 12.1. The van der Waals surface area contributed by atoms with Crippen LogP contribution in [0.25, 0.3) is 0 Å². The fraction of sp³-hybridized carbons (Fsp3) is 0.308. The molecule has 6 nitrogen and oxygen atoms in total. The van der Waals surface area contributed by atoms with Crippen LogP contribution in [-0.2, 0) is 0 Å². The van der Waals surface area contributed by atoms with Crippen molar-refractivity contribution < 1.29 is 4.79 Å². The van der Waals surface area contributed by atoms with Crippen molar-refractivity contribution in [2.75, 3.05) is 37.4 Å². The Bertz CT molecular complexity index is 662. The number of hydrogen-bond acceptors (Lipinski definition) is 6. The summed E-state index contributed by atoms with van der Waals surface area (Å²) in [4.78, 5) is 13.9. The summed E-state index contributed by atoms with van der Waals surface area (Å²) in [5.41, 5.74) is 1.34. The van der Waals surface area contributed by atoms with Crippen LogP contribution in [0.5, 0.6) is 0 Å². The molecule has 2 aromatic rings. The molecular weight excluding hydrogens is 345 g/mol. The summed E-state index contributed by atoms with van der Waals surface area (Å²) in [7, 11) is 3.85. The molecule has 2 N–H and O–H groups in total. The molecule has 0 unspecified atom stereocenters. The van der Waals surface area contributed by atoms with Crippen LogP contribution in [0.2, 0.25) is 8.67 Å². The van der Waals surface area contributed by atoms with Crippen molar-refractivity contribution >= 4 is 52.0 Å². The molecule has 0 saturated carbocycles. The highest BCUT2D eigenvalue weighted by molar-refractivity contribution is 7.20. The Kier molecular flexibility index (Phi) is 5.82. The van der Waals surface area contributed by atoms with Crippen molar-refractivity contribution in [3.63, 3.8) is 0 Å². The number of hydrogen-bond donors (Lipinski definition) is 2. The Morgan fingerprint density at radius 3 is 2.73 bits per heavy atom. The summed E-state index contributed by atoms with van der Waals surface area (Å²) in [6, 6.07) is 3.44. The van der Waals surface area contributed by atoms with E-state index in [1.54, 1.807) is 12.3 Å². The molecule has 9 heteroatoms. The van der Waals surface area contributed by atoms with Crippen molar-refractivity contribution in [3.8, 4) is 0 Å². The van der Waals surface area contributed by atoms with E-state index in [9.17, 15) is 4.79 Å². The fourth-order valence-electron chi connectivity index (χ4n) is 1.64. The van der Waals surface area contributed by atoms with Crippen LogP contribution in [0, 0.1) is 0 Å². The van der Waals surface area contributed by atoms with Gasteiger partial charge in [0.1, 0.15) is 4.34 Å². The number of nitrogens with zero attached hydrogens (tertiary/aromatic N) is 3. The number of thiophene rings is 1. The molecule has 2 heterocycles. The second kappa shape index (κ2) is 7.62. The maximum Gasteiger partial charge on any atom is 0.253 e. The maximum atomic E-state index is 11.9. The molecule has 0 atom stereocenters. The molecule has 0 bridgehead atoms. The highest BCUT2D eigenvalue weighted by Crippen LogP contribution is 2.30. The molecule has 0 saturated heterocycles. The average Bonchev–Trinajstić information content (AvgIpc) is 2.82. The number of amides is 1. The van der Waals surface area contributed by atoms with Gasteiger partial charge in [0.25, 0.3) is 5.91 Å². The van der Waals surface area contributed by atoms with Crippen molar-refractivity contribution in [2.24, 2.45) is 0 Å². The second-order valence-electron chi connectivity index (χ2n) is 4.61. The van der Waals surface area contributed by atoms with E-state index in [-0.39, 0.29) is 5.91 Å². The van der Waals surface area contributed by atoms with Gasteiger partial charge in [-0.05, 0) is 6.07 Å². The number of carbonyl (C=O) groups excluding carboxylic acids is 1. The third-order valence-corrected chi connectivity index (χ3v) is 4.26. The number of halogens is 2. The number of rotatable bonds is 6. The molecule has 0 fully saturated rings. The van der Waals surface area contributed by atoms with Gasteiger partial charge < -0.3 is 15.5 Å². The Morgan fingerprint density at radius 2 is 2.09 bits per heavy atom. The van der Waals surface area contributed by atoms with Gasteiger partial charge >= 0.3 is 0 Å². The number of anilines is 2. The maximum absolute atomic E-state index is 11.9. The van der Waals surface area contributed by atoms with Crippen LogP contribution in [0.4, 0.5) is 11.5 Å². The number of aromatic nitrogens is 2. The standard InChI is InChI=1S/C13H15Cl2N5OS/c1-20(2)8-5-11(19-18-7-8)16-3-4-17-13(21)9-6-10(14)22-12(9)15/h5-7H,3-4H2,1-2H3,(H,16,19)(H,17,21). The van der Waals surface area contributed by atoms with Gasteiger partial charge in [-0.3, -0.25) is 4.79 Å². The first-order valence-corrected chi connectivity index (χ1v) is 8.01. The SMILES string of the molecule is CN(C)c1cnnc(NCCNC(=O)c2cc(Cl)sc2Cl)c1. The predicted molar refractivity (Wildman–Crippen MR) is 91.5 cm³/mol. The highest BCUT2D eigenvalue weighted by Gasteiger charge is 2.13. The van der Waals surface area contributed by atoms with E-state index in [0.29, 0.717) is 33.1 Å². The van der Waals surface area contributed by atoms with Gasteiger partial charge in [0, 0.05) is 33.3 Å². The van der Waals surface area contributed by atoms with Gasteiger partial charge in [-0.2, -0.15) is 5.10 Å². The van der Waals surface area contributed by atoms with Gasteiger partial charge in [0.2, 0.25) is 0 Å². The number of carbonyl (C=O) groups is 1. The van der Waals surface area contributed by atoms with Gasteiger partial charge in [-0.15, -0.1) is 16.4 Å². The third-order valence-electron chi connectivity index (χ3n) is 2.77. The quantitative estimate of drug-likeness (QED) is 0.776. The van der Waals surface area contributed by atoms with Crippen LogP contribution in [0.3, 0.4) is 0 Å². The van der Waals surface area contributed by atoms with E-state index >= 15 is 0 Å². The Balaban J connectivity index is 1.81. The second-order valence-corrected chi connectivity index (χ2v) is 6.90. The van der Waals surface area contributed by atoms with Crippen LogP contribution in [0.15, 0.2) is 18.3 Å². The van der Waals surface area contributed by atoms with E-state index in [0.717, 1.165) is 5.69 Å². The van der Waals surface area contributed by atoms with Crippen molar-refractivity contribution in [1.29, 1.82) is 0 Å². The van der Waals surface area contributed by atoms with E-state index in [1.807, 2.05) is 25.1 Å². The van der Waals surface area contributed by atoms with Gasteiger partial charge in [0.05, 0.1) is 21.8 Å². The topological polar surface area (TPSA) is 70.2 Å². The van der Waals surface area contributed by atoms with E-state index in [1.165, 1.54) is 11.3 Å². The lowest BCUT2D eigenvalue weighted by Crippen LogP contribution is -2.28. The zero-order chi connectivity index (χ0) is 16.1. The first-order chi connectivity index (χ1) is 10.5. The average molecular weight is 360 g/mol. The molecule has 118 valence electrons. The molecule has 0 aromatic carbocycles. The lowest BCUT2D eigenvalue weighted by molar-refractivity contribution is 0.0956. The molecule has 0 aliphatic carbocycles. The Labute approximate surface area is 142 Å². The zero-order valence-corrected chi connectivity index (χ0v) is 14.4. The van der Waals surface area contributed by atoms with Gasteiger partial charge in [-0.1, -0.05) is 23.2 Å². The summed E-state index contributed by atoms with van der Waals surface area (Å²) >= 11 is 12.9. The molecule has 0 aliphatic rings. The van der Waals surface area contributed by atoms with Crippen LogP contribution >= 0.6 is 34.5 Å². The monoisotopic (exact) mass is 359 g/mol. The van der Waals surface area contributed by atoms with Crippen LogP contribution in [-0.4, -0.2) is 43.3 Å². The third kappa shape index (κ3) is 4.46. The molecule has 2 aromatic heterocycles. The normalized spacial score (nSPS) is 10.4. The largest absolute Gasteiger partial charge is 0.376 e. The van der Waals surface area contributed by atoms with E-state index < -0.39 is 0 Å². The molecular formula is C13H15Cl2N5OS. The molecule has 0 spiro atoms. The van der Waals surface area contributed by atoms with E-state index in [2.05, 4.69) is 20.8 Å². The number of nitrogens with one attached hydrogen (secondary N) is 2. The first kappa shape index (κ1) is 16.8. The minimum atomic E-state index is -0.247.